The smallest absolute Gasteiger partial charge is 0.312 e. The van der Waals surface area contributed by atoms with E-state index in [0.717, 1.165) is 12.8 Å². The van der Waals surface area contributed by atoms with Gasteiger partial charge in [0.25, 0.3) is 5.91 Å². The Morgan fingerprint density at radius 3 is 2.70 bits per heavy atom. The monoisotopic (exact) mass is 325 g/mol. The molecular formula is C15H23N3O5. The maximum Gasteiger partial charge on any atom is 0.312 e. The van der Waals surface area contributed by atoms with E-state index < -0.39 is 18.1 Å². The first-order valence-electron chi connectivity index (χ1n) is 7.52. The van der Waals surface area contributed by atoms with Crippen LogP contribution in [-0.4, -0.2) is 30.6 Å². The van der Waals surface area contributed by atoms with Crippen LogP contribution in [0.1, 0.15) is 38.4 Å². The number of unbranched alkanes of at least 4 members (excludes halogenated alkanes) is 2. The van der Waals surface area contributed by atoms with E-state index in [1.54, 1.807) is 12.1 Å². The van der Waals surface area contributed by atoms with Gasteiger partial charge >= 0.3 is 12.0 Å². The molecule has 0 aliphatic carbocycles. The quantitative estimate of drug-likeness (QED) is 0.438. The minimum atomic E-state index is -0.853. The van der Waals surface area contributed by atoms with Crippen LogP contribution in [0.3, 0.4) is 0 Å². The van der Waals surface area contributed by atoms with Gasteiger partial charge < -0.3 is 25.5 Å². The van der Waals surface area contributed by atoms with E-state index in [2.05, 4.69) is 10.6 Å². The van der Waals surface area contributed by atoms with Crippen LogP contribution in [0.25, 0.3) is 0 Å². The summed E-state index contributed by atoms with van der Waals surface area (Å²) in [5, 5.41) is 5.09. The average Bonchev–Trinajstić information content (AvgIpc) is 3.01. The maximum absolute atomic E-state index is 11.8. The molecule has 0 saturated carbocycles. The van der Waals surface area contributed by atoms with Gasteiger partial charge in [-0.05, 0) is 31.9 Å². The minimum Gasteiger partial charge on any atom is -0.467 e. The normalized spacial score (nSPS) is 11.5. The van der Waals surface area contributed by atoms with E-state index in [-0.39, 0.29) is 18.9 Å². The summed E-state index contributed by atoms with van der Waals surface area (Å²) in [4.78, 5) is 33.8. The molecule has 4 N–H and O–H groups in total. The second-order valence-corrected chi connectivity index (χ2v) is 5.03. The largest absolute Gasteiger partial charge is 0.467 e. The number of hydrogen-bond donors (Lipinski definition) is 3. The van der Waals surface area contributed by atoms with Gasteiger partial charge in [0.1, 0.15) is 5.76 Å². The summed E-state index contributed by atoms with van der Waals surface area (Å²) in [5.74, 6) is -0.171. The molecule has 1 atom stereocenters. The van der Waals surface area contributed by atoms with Crippen molar-refractivity contribution in [2.75, 3.05) is 6.54 Å². The fourth-order valence-corrected chi connectivity index (χ4v) is 1.82. The van der Waals surface area contributed by atoms with Crippen LogP contribution in [0.15, 0.2) is 22.8 Å². The summed E-state index contributed by atoms with van der Waals surface area (Å²) >= 11 is 0. The van der Waals surface area contributed by atoms with Gasteiger partial charge in [-0.15, -0.1) is 0 Å². The molecule has 0 saturated heterocycles. The number of rotatable bonds is 10. The van der Waals surface area contributed by atoms with Crippen LogP contribution in [-0.2, 0) is 20.9 Å². The van der Waals surface area contributed by atoms with Gasteiger partial charge in [-0.1, -0.05) is 6.42 Å². The first-order valence-corrected chi connectivity index (χ1v) is 7.52. The van der Waals surface area contributed by atoms with Gasteiger partial charge in [-0.3, -0.25) is 9.59 Å². The summed E-state index contributed by atoms with van der Waals surface area (Å²) in [6, 6.07) is 2.91. The highest BCUT2D eigenvalue weighted by molar-refractivity contribution is 5.83. The third kappa shape index (κ3) is 8.50. The van der Waals surface area contributed by atoms with Crippen molar-refractivity contribution in [2.24, 2.45) is 5.73 Å². The number of nitrogens with one attached hydrogen (secondary N) is 2. The Kier molecular flexibility index (Phi) is 8.27. The number of carbonyl (C=O) groups is 3. The van der Waals surface area contributed by atoms with Crippen molar-refractivity contribution in [3.05, 3.63) is 24.2 Å². The van der Waals surface area contributed by atoms with Crippen LogP contribution in [0.2, 0.25) is 0 Å². The van der Waals surface area contributed by atoms with Crippen LogP contribution in [0.5, 0.6) is 0 Å². The van der Waals surface area contributed by atoms with Crippen LogP contribution >= 0.6 is 0 Å². The number of amides is 3. The van der Waals surface area contributed by atoms with Crippen LogP contribution in [0.4, 0.5) is 4.79 Å². The lowest BCUT2D eigenvalue weighted by atomic mass is 10.2. The molecule has 23 heavy (non-hydrogen) atoms. The summed E-state index contributed by atoms with van der Waals surface area (Å²) in [6.07, 6.45) is 3.01. The second kappa shape index (κ2) is 10.3. The molecule has 8 nitrogen and oxygen atoms in total. The molecule has 1 aromatic heterocycles. The van der Waals surface area contributed by atoms with Crippen molar-refractivity contribution in [1.29, 1.82) is 0 Å². The Bertz CT molecular complexity index is 501. The van der Waals surface area contributed by atoms with Crippen LogP contribution < -0.4 is 16.4 Å². The number of carbonyl (C=O) groups excluding carboxylic acids is 3. The lowest BCUT2D eigenvalue weighted by molar-refractivity contribution is -0.155. The third-order valence-electron chi connectivity index (χ3n) is 3.05. The number of urea groups is 1. The molecule has 0 bridgehead atoms. The van der Waals surface area contributed by atoms with E-state index in [0.29, 0.717) is 18.7 Å². The summed E-state index contributed by atoms with van der Waals surface area (Å²) in [5.41, 5.74) is 4.93. The van der Waals surface area contributed by atoms with E-state index >= 15 is 0 Å². The average molecular weight is 325 g/mol. The van der Waals surface area contributed by atoms with Gasteiger partial charge in [0.15, 0.2) is 6.10 Å². The molecule has 0 fully saturated rings. The fraction of sp³-hybridized carbons (Fsp3) is 0.533. The molecule has 3 amide bonds. The van der Waals surface area contributed by atoms with Gasteiger partial charge in [0.2, 0.25) is 0 Å². The Morgan fingerprint density at radius 1 is 1.26 bits per heavy atom. The highest BCUT2D eigenvalue weighted by Gasteiger charge is 2.17. The Labute approximate surface area is 134 Å². The predicted molar refractivity (Wildman–Crippen MR) is 82.2 cm³/mol. The number of furan rings is 1. The maximum atomic E-state index is 11.8. The number of primary amides is 1. The topological polar surface area (TPSA) is 124 Å². The number of hydrogen-bond acceptors (Lipinski definition) is 5. The fourth-order valence-electron chi connectivity index (χ4n) is 1.82. The standard InChI is InChI=1S/C15H23N3O5/c1-11(14(20)18-10-12-6-5-9-22-12)23-13(19)7-3-2-4-8-17-15(16)21/h5-6,9,11H,2-4,7-8,10H2,1H3,(H,18,20)(H3,16,17,21)/t11-/m1/s1. The number of ether oxygens (including phenoxy) is 1. The van der Waals surface area contributed by atoms with E-state index in [1.807, 2.05) is 0 Å². The molecule has 1 heterocycles. The zero-order valence-corrected chi connectivity index (χ0v) is 13.2. The lowest BCUT2D eigenvalue weighted by Gasteiger charge is -2.13. The molecular weight excluding hydrogens is 302 g/mol. The van der Waals surface area contributed by atoms with Crippen molar-refractivity contribution < 1.29 is 23.5 Å². The van der Waals surface area contributed by atoms with Gasteiger partial charge in [0, 0.05) is 13.0 Å². The number of nitrogens with two attached hydrogens (primary N) is 1. The third-order valence-corrected chi connectivity index (χ3v) is 3.05. The SMILES string of the molecule is C[C@@H](OC(=O)CCCCCNC(N)=O)C(=O)NCc1ccco1. The van der Waals surface area contributed by atoms with Crippen molar-refractivity contribution >= 4 is 17.9 Å². The van der Waals surface area contributed by atoms with Gasteiger partial charge in [-0.2, -0.15) is 0 Å². The Morgan fingerprint density at radius 2 is 2.04 bits per heavy atom. The predicted octanol–water partition coefficient (Wildman–Crippen LogP) is 1.06. The van der Waals surface area contributed by atoms with E-state index in [9.17, 15) is 14.4 Å². The second-order valence-electron chi connectivity index (χ2n) is 5.03. The summed E-state index contributed by atoms with van der Waals surface area (Å²) < 4.78 is 10.1. The van der Waals surface area contributed by atoms with Crippen LogP contribution in [0, 0.1) is 0 Å². The molecule has 1 rings (SSSR count). The molecule has 0 spiro atoms. The Balaban J connectivity index is 2.10. The lowest BCUT2D eigenvalue weighted by Crippen LogP contribution is -2.35. The van der Waals surface area contributed by atoms with Crippen molar-refractivity contribution in [3.8, 4) is 0 Å². The number of esters is 1. The van der Waals surface area contributed by atoms with E-state index in [4.69, 9.17) is 14.9 Å². The molecule has 8 heteroatoms. The van der Waals surface area contributed by atoms with E-state index in [1.165, 1.54) is 13.2 Å². The summed E-state index contributed by atoms with van der Waals surface area (Å²) in [7, 11) is 0. The first-order chi connectivity index (χ1) is 11.0. The first kappa shape index (κ1) is 18.5. The molecule has 0 aliphatic heterocycles. The molecule has 0 aromatic carbocycles. The van der Waals surface area contributed by atoms with Crippen molar-refractivity contribution in [3.63, 3.8) is 0 Å². The van der Waals surface area contributed by atoms with Gasteiger partial charge in [0.05, 0.1) is 12.8 Å². The zero-order chi connectivity index (χ0) is 17.1. The van der Waals surface area contributed by atoms with Crippen molar-refractivity contribution in [2.45, 2.75) is 45.3 Å². The van der Waals surface area contributed by atoms with Crippen molar-refractivity contribution in [1.82, 2.24) is 10.6 Å². The Hall–Kier alpha value is -2.51. The minimum absolute atomic E-state index is 0.229. The summed E-state index contributed by atoms with van der Waals surface area (Å²) in [6.45, 7) is 2.25. The molecule has 128 valence electrons. The molecule has 0 unspecified atom stereocenters. The van der Waals surface area contributed by atoms with Gasteiger partial charge in [-0.25, -0.2) is 4.79 Å². The molecule has 0 aliphatic rings. The molecule has 1 aromatic rings. The molecule has 0 radical (unpaired) electrons. The zero-order valence-electron chi connectivity index (χ0n) is 13.2. The highest BCUT2D eigenvalue weighted by Crippen LogP contribution is 2.04. The highest BCUT2D eigenvalue weighted by atomic mass is 16.5.